The Morgan fingerprint density at radius 3 is 2.21 bits per heavy atom. The van der Waals surface area contributed by atoms with Gasteiger partial charge in [-0.05, 0) is 25.3 Å². The van der Waals surface area contributed by atoms with E-state index < -0.39 is 0 Å². The molecule has 1 heteroatoms. The molecule has 78 valence electrons. The molecule has 0 heterocycles. The van der Waals surface area contributed by atoms with Crippen molar-refractivity contribution in [3.63, 3.8) is 0 Å². The van der Waals surface area contributed by atoms with Crippen LogP contribution in [-0.4, -0.2) is 6.04 Å². The molecule has 1 nitrogen and oxygen atoms in total. The Kier molecular flexibility index (Phi) is 4.68. The Labute approximate surface area is 87.5 Å². The van der Waals surface area contributed by atoms with Crippen molar-refractivity contribution >= 4 is 0 Å². The Morgan fingerprint density at radius 2 is 1.71 bits per heavy atom. The van der Waals surface area contributed by atoms with Gasteiger partial charge in [-0.1, -0.05) is 44.2 Å². The molecule has 1 N–H and O–H groups in total. The first-order valence-electron chi connectivity index (χ1n) is 5.58. The molecule has 0 aliphatic heterocycles. The van der Waals surface area contributed by atoms with Gasteiger partial charge in [0.05, 0.1) is 0 Å². The first kappa shape index (κ1) is 11.3. The van der Waals surface area contributed by atoms with Crippen LogP contribution in [0.25, 0.3) is 0 Å². The third kappa shape index (κ3) is 3.15. The van der Waals surface area contributed by atoms with Crippen molar-refractivity contribution < 1.29 is 0 Å². The Bertz CT molecular complexity index is 243. The zero-order valence-corrected chi connectivity index (χ0v) is 9.46. The van der Waals surface area contributed by atoms with Crippen LogP contribution < -0.4 is 5.32 Å². The predicted octanol–water partition coefficient (Wildman–Crippen LogP) is 3.53. The molecule has 1 aromatic rings. The second kappa shape index (κ2) is 5.82. The van der Waals surface area contributed by atoms with Crippen molar-refractivity contribution in [2.24, 2.45) is 0 Å². The quantitative estimate of drug-likeness (QED) is 0.750. The SMILES string of the molecule is CC[C@H](C)N[C@H](CC)c1ccccc1. The number of nitrogens with one attached hydrogen (secondary N) is 1. The van der Waals surface area contributed by atoms with Gasteiger partial charge in [0, 0.05) is 12.1 Å². The maximum absolute atomic E-state index is 3.63. The van der Waals surface area contributed by atoms with E-state index in [2.05, 4.69) is 56.4 Å². The molecule has 2 atom stereocenters. The van der Waals surface area contributed by atoms with E-state index in [0.29, 0.717) is 12.1 Å². The predicted molar refractivity (Wildman–Crippen MR) is 62.4 cm³/mol. The number of hydrogen-bond acceptors (Lipinski definition) is 1. The molecule has 0 fully saturated rings. The van der Waals surface area contributed by atoms with Gasteiger partial charge in [0.15, 0.2) is 0 Å². The summed E-state index contributed by atoms with van der Waals surface area (Å²) >= 11 is 0. The minimum absolute atomic E-state index is 0.506. The van der Waals surface area contributed by atoms with E-state index in [1.54, 1.807) is 0 Å². The van der Waals surface area contributed by atoms with Crippen LogP contribution in [0.1, 0.15) is 45.2 Å². The summed E-state index contributed by atoms with van der Waals surface area (Å²) in [6.07, 6.45) is 2.33. The van der Waals surface area contributed by atoms with E-state index >= 15 is 0 Å². The van der Waals surface area contributed by atoms with Crippen molar-refractivity contribution in [2.75, 3.05) is 0 Å². The second-order valence-corrected chi connectivity index (χ2v) is 3.85. The van der Waals surface area contributed by atoms with Crippen molar-refractivity contribution in [3.05, 3.63) is 35.9 Å². The molecule has 0 unspecified atom stereocenters. The summed E-state index contributed by atoms with van der Waals surface area (Å²) in [7, 11) is 0. The fourth-order valence-electron chi connectivity index (χ4n) is 1.60. The van der Waals surface area contributed by atoms with Crippen LogP contribution in [0.2, 0.25) is 0 Å². The van der Waals surface area contributed by atoms with Crippen LogP contribution >= 0.6 is 0 Å². The van der Waals surface area contributed by atoms with Gasteiger partial charge in [-0.25, -0.2) is 0 Å². The molecule has 0 aliphatic rings. The average molecular weight is 191 g/mol. The molecule has 0 spiro atoms. The van der Waals surface area contributed by atoms with Crippen molar-refractivity contribution in [2.45, 2.75) is 45.7 Å². The van der Waals surface area contributed by atoms with E-state index in [4.69, 9.17) is 0 Å². The molecular formula is C13H21N. The van der Waals surface area contributed by atoms with Crippen molar-refractivity contribution in [1.82, 2.24) is 5.32 Å². The van der Waals surface area contributed by atoms with Crippen molar-refractivity contribution in [1.29, 1.82) is 0 Å². The minimum atomic E-state index is 0.506. The molecule has 0 aromatic heterocycles. The molecule has 0 amide bonds. The summed E-state index contributed by atoms with van der Waals surface area (Å²) < 4.78 is 0. The van der Waals surface area contributed by atoms with Gasteiger partial charge in [-0.2, -0.15) is 0 Å². The van der Waals surface area contributed by atoms with Gasteiger partial charge in [0.2, 0.25) is 0 Å². The third-order valence-corrected chi connectivity index (χ3v) is 2.71. The summed E-state index contributed by atoms with van der Waals surface area (Å²) in [5.41, 5.74) is 1.40. The smallest absolute Gasteiger partial charge is 0.0319 e. The van der Waals surface area contributed by atoms with E-state index in [1.165, 1.54) is 12.0 Å². The Balaban J connectivity index is 2.63. The van der Waals surface area contributed by atoms with Crippen LogP contribution in [0, 0.1) is 0 Å². The van der Waals surface area contributed by atoms with E-state index in [-0.39, 0.29) is 0 Å². The van der Waals surface area contributed by atoms with Crippen LogP contribution in [-0.2, 0) is 0 Å². The zero-order chi connectivity index (χ0) is 10.4. The standard InChI is InChI=1S/C13H21N/c1-4-11(3)14-13(5-2)12-9-7-6-8-10-12/h6-11,13-14H,4-5H2,1-3H3/t11-,13+/m0/s1. The van der Waals surface area contributed by atoms with Crippen LogP contribution in [0.4, 0.5) is 0 Å². The number of rotatable bonds is 5. The molecule has 14 heavy (non-hydrogen) atoms. The third-order valence-electron chi connectivity index (χ3n) is 2.71. The zero-order valence-electron chi connectivity index (χ0n) is 9.46. The lowest BCUT2D eigenvalue weighted by molar-refractivity contribution is 0.437. The van der Waals surface area contributed by atoms with Crippen LogP contribution in [0.15, 0.2) is 30.3 Å². The van der Waals surface area contributed by atoms with Gasteiger partial charge >= 0.3 is 0 Å². The van der Waals surface area contributed by atoms with Crippen LogP contribution in [0.5, 0.6) is 0 Å². The molecular weight excluding hydrogens is 170 g/mol. The molecule has 0 saturated heterocycles. The number of hydrogen-bond donors (Lipinski definition) is 1. The van der Waals surface area contributed by atoms with Gasteiger partial charge in [0.1, 0.15) is 0 Å². The normalized spacial score (nSPS) is 15.1. The second-order valence-electron chi connectivity index (χ2n) is 3.85. The Morgan fingerprint density at radius 1 is 1.07 bits per heavy atom. The van der Waals surface area contributed by atoms with Gasteiger partial charge in [0.25, 0.3) is 0 Å². The van der Waals surface area contributed by atoms with E-state index in [1.807, 2.05) is 0 Å². The monoisotopic (exact) mass is 191 g/mol. The topological polar surface area (TPSA) is 12.0 Å². The molecule has 0 saturated carbocycles. The number of benzene rings is 1. The summed E-state index contributed by atoms with van der Waals surface area (Å²) in [6.45, 7) is 6.69. The maximum atomic E-state index is 3.63. The fraction of sp³-hybridized carbons (Fsp3) is 0.538. The summed E-state index contributed by atoms with van der Waals surface area (Å²) in [5, 5.41) is 3.63. The highest BCUT2D eigenvalue weighted by Gasteiger charge is 2.10. The lowest BCUT2D eigenvalue weighted by atomic mass is 10.0. The molecule has 0 aliphatic carbocycles. The summed E-state index contributed by atoms with van der Waals surface area (Å²) in [6, 6.07) is 11.8. The van der Waals surface area contributed by atoms with Crippen molar-refractivity contribution in [3.8, 4) is 0 Å². The van der Waals surface area contributed by atoms with Crippen LogP contribution in [0.3, 0.4) is 0 Å². The largest absolute Gasteiger partial charge is 0.307 e. The van der Waals surface area contributed by atoms with E-state index in [0.717, 1.165) is 6.42 Å². The van der Waals surface area contributed by atoms with Gasteiger partial charge in [-0.3, -0.25) is 0 Å². The minimum Gasteiger partial charge on any atom is -0.307 e. The summed E-state index contributed by atoms with van der Waals surface area (Å²) in [5.74, 6) is 0. The lowest BCUT2D eigenvalue weighted by Crippen LogP contribution is -2.29. The Hall–Kier alpha value is -0.820. The highest BCUT2D eigenvalue weighted by molar-refractivity contribution is 5.18. The highest BCUT2D eigenvalue weighted by atomic mass is 14.9. The molecule has 0 bridgehead atoms. The van der Waals surface area contributed by atoms with E-state index in [9.17, 15) is 0 Å². The first-order chi connectivity index (χ1) is 6.77. The summed E-state index contributed by atoms with van der Waals surface area (Å²) in [4.78, 5) is 0. The molecule has 1 aromatic carbocycles. The average Bonchev–Trinajstić information content (AvgIpc) is 2.26. The van der Waals surface area contributed by atoms with Gasteiger partial charge in [-0.15, -0.1) is 0 Å². The maximum Gasteiger partial charge on any atom is 0.0319 e. The molecule has 0 radical (unpaired) electrons. The fourth-order valence-corrected chi connectivity index (χ4v) is 1.60. The highest BCUT2D eigenvalue weighted by Crippen LogP contribution is 2.16. The lowest BCUT2D eigenvalue weighted by Gasteiger charge is -2.21. The molecule has 1 rings (SSSR count). The van der Waals surface area contributed by atoms with Gasteiger partial charge < -0.3 is 5.32 Å². The first-order valence-corrected chi connectivity index (χ1v) is 5.58.